The summed E-state index contributed by atoms with van der Waals surface area (Å²) in [6.45, 7) is 1.91. The molecule has 0 saturated carbocycles. The van der Waals surface area contributed by atoms with Gasteiger partial charge in [0.1, 0.15) is 10.8 Å². The van der Waals surface area contributed by atoms with Crippen molar-refractivity contribution in [3.8, 4) is 10.7 Å². The molecule has 0 aliphatic heterocycles. The molecule has 3 aromatic heterocycles. The van der Waals surface area contributed by atoms with Crippen LogP contribution in [0.25, 0.3) is 10.7 Å². The SMILES string of the molecule is Cc1cc(N)nc(SCc2csc(-c3ccccn3)n2)n1. The van der Waals surface area contributed by atoms with Crippen LogP contribution in [-0.4, -0.2) is 19.9 Å². The fraction of sp³-hybridized carbons (Fsp3) is 0.143. The highest BCUT2D eigenvalue weighted by Gasteiger charge is 2.07. The molecule has 0 fully saturated rings. The lowest BCUT2D eigenvalue weighted by atomic mass is 10.4. The maximum atomic E-state index is 5.72. The molecule has 0 saturated heterocycles. The Hall–Kier alpha value is -1.99. The van der Waals surface area contributed by atoms with Crippen molar-refractivity contribution in [1.29, 1.82) is 0 Å². The van der Waals surface area contributed by atoms with E-state index in [1.54, 1.807) is 23.6 Å². The second-order valence-electron chi connectivity index (χ2n) is 4.36. The highest BCUT2D eigenvalue weighted by molar-refractivity contribution is 7.98. The number of aromatic nitrogens is 4. The molecule has 0 radical (unpaired) electrons. The van der Waals surface area contributed by atoms with Crippen LogP contribution >= 0.6 is 23.1 Å². The van der Waals surface area contributed by atoms with Crippen LogP contribution in [0.2, 0.25) is 0 Å². The highest BCUT2D eigenvalue weighted by Crippen LogP contribution is 2.25. The van der Waals surface area contributed by atoms with Gasteiger partial charge in [0.15, 0.2) is 5.16 Å². The largest absolute Gasteiger partial charge is 0.384 e. The molecule has 0 aliphatic carbocycles. The smallest absolute Gasteiger partial charge is 0.190 e. The Kier molecular flexibility index (Phi) is 4.12. The minimum atomic E-state index is 0.498. The predicted octanol–water partition coefficient (Wildman–Crippen LogP) is 3.18. The van der Waals surface area contributed by atoms with Crippen LogP contribution in [0, 0.1) is 6.92 Å². The predicted molar refractivity (Wildman–Crippen MR) is 86.1 cm³/mol. The van der Waals surface area contributed by atoms with Crippen molar-refractivity contribution < 1.29 is 0 Å². The van der Waals surface area contributed by atoms with Gasteiger partial charge >= 0.3 is 0 Å². The molecule has 0 aliphatic rings. The van der Waals surface area contributed by atoms with Gasteiger partial charge in [-0.1, -0.05) is 17.8 Å². The lowest BCUT2D eigenvalue weighted by Gasteiger charge is -2.01. The Bertz CT molecular complexity index is 722. The molecule has 0 atom stereocenters. The van der Waals surface area contributed by atoms with Gasteiger partial charge in [0.05, 0.1) is 11.4 Å². The van der Waals surface area contributed by atoms with Crippen LogP contribution in [0.15, 0.2) is 41.0 Å². The van der Waals surface area contributed by atoms with E-state index in [-0.39, 0.29) is 0 Å². The van der Waals surface area contributed by atoms with Gasteiger partial charge in [-0.3, -0.25) is 4.98 Å². The highest BCUT2D eigenvalue weighted by atomic mass is 32.2. The molecule has 7 heteroatoms. The van der Waals surface area contributed by atoms with Gasteiger partial charge in [-0.15, -0.1) is 11.3 Å². The third-order valence-electron chi connectivity index (χ3n) is 2.64. The van der Waals surface area contributed by atoms with E-state index >= 15 is 0 Å². The van der Waals surface area contributed by atoms with E-state index in [2.05, 4.69) is 19.9 Å². The standard InChI is InChI=1S/C14H13N5S2/c1-9-6-12(15)19-14(17-9)21-8-10-7-20-13(18-10)11-4-2-3-5-16-11/h2-7H,8H2,1H3,(H2,15,17,19). The minimum Gasteiger partial charge on any atom is -0.384 e. The number of pyridine rings is 1. The second-order valence-corrected chi connectivity index (χ2v) is 6.17. The van der Waals surface area contributed by atoms with Gasteiger partial charge < -0.3 is 5.73 Å². The summed E-state index contributed by atoms with van der Waals surface area (Å²) in [7, 11) is 0. The first-order valence-corrected chi connectivity index (χ1v) is 8.17. The summed E-state index contributed by atoms with van der Waals surface area (Å²) >= 11 is 3.12. The van der Waals surface area contributed by atoms with Crippen molar-refractivity contribution in [3.63, 3.8) is 0 Å². The van der Waals surface area contributed by atoms with Gasteiger partial charge in [-0.05, 0) is 19.1 Å². The summed E-state index contributed by atoms with van der Waals surface area (Å²) in [6.07, 6.45) is 1.77. The average Bonchev–Trinajstić information content (AvgIpc) is 2.94. The lowest BCUT2D eigenvalue weighted by Crippen LogP contribution is -1.96. The fourth-order valence-electron chi connectivity index (χ4n) is 1.75. The molecule has 3 aromatic rings. The van der Waals surface area contributed by atoms with Crippen molar-refractivity contribution in [3.05, 3.63) is 47.2 Å². The number of thiazole rings is 1. The van der Waals surface area contributed by atoms with Gasteiger partial charge in [-0.25, -0.2) is 15.0 Å². The molecular formula is C14H13N5S2. The molecule has 3 heterocycles. The maximum Gasteiger partial charge on any atom is 0.190 e. The topological polar surface area (TPSA) is 77.6 Å². The van der Waals surface area contributed by atoms with Crippen molar-refractivity contribution >= 4 is 28.9 Å². The van der Waals surface area contributed by atoms with E-state index < -0.39 is 0 Å². The summed E-state index contributed by atoms with van der Waals surface area (Å²) in [4.78, 5) is 17.4. The van der Waals surface area contributed by atoms with Crippen LogP contribution in [0.3, 0.4) is 0 Å². The summed E-state index contributed by atoms with van der Waals surface area (Å²) < 4.78 is 0. The van der Waals surface area contributed by atoms with Gasteiger partial charge in [-0.2, -0.15) is 0 Å². The molecular weight excluding hydrogens is 302 g/mol. The first-order chi connectivity index (χ1) is 10.2. The number of anilines is 1. The van der Waals surface area contributed by atoms with Crippen molar-refractivity contribution in [2.45, 2.75) is 17.8 Å². The van der Waals surface area contributed by atoms with Crippen LogP contribution in [0.4, 0.5) is 5.82 Å². The summed E-state index contributed by atoms with van der Waals surface area (Å²) in [5, 5.41) is 3.65. The first kappa shape index (κ1) is 14.0. The quantitative estimate of drug-likeness (QED) is 0.588. The molecule has 106 valence electrons. The molecule has 21 heavy (non-hydrogen) atoms. The average molecular weight is 315 g/mol. The molecule has 0 spiro atoms. The van der Waals surface area contributed by atoms with Crippen molar-refractivity contribution in [2.75, 3.05) is 5.73 Å². The van der Waals surface area contributed by atoms with Crippen LogP contribution in [-0.2, 0) is 5.75 Å². The Balaban J connectivity index is 1.70. The van der Waals surface area contributed by atoms with Crippen molar-refractivity contribution in [2.24, 2.45) is 0 Å². The normalized spacial score (nSPS) is 10.7. The number of nitrogens with zero attached hydrogens (tertiary/aromatic N) is 4. The summed E-state index contributed by atoms with van der Waals surface area (Å²) in [5.41, 5.74) is 8.49. The minimum absolute atomic E-state index is 0.498. The Labute approximate surface area is 130 Å². The zero-order valence-electron chi connectivity index (χ0n) is 11.4. The first-order valence-electron chi connectivity index (χ1n) is 6.30. The van der Waals surface area contributed by atoms with Gasteiger partial charge in [0, 0.05) is 29.1 Å². The molecule has 2 N–H and O–H groups in total. The van der Waals surface area contributed by atoms with Crippen LogP contribution in [0.5, 0.6) is 0 Å². The van der Waals surface area contributed by atoms with Gasteiger partial charge in [0.25, 0.3) is 0 Å². The molecule has 3 rings (SSSR count). The molecule has 0 amide bonds. The van der Waals surface area contributed by atoms with E-state index in [4.69, 9.17) is 5.73 Å². The number of nitrogen functional groups attached to an aromatic ring is 1. The third-order valence-corrected chi connectivity index (χ3v) is 4.43. The summed E-state index contributed by atoms with van der Waals surface area (Å²) in [5.74, 6) is 1.21. The Morgan fingerprint density at radius 3 is 2.90 bits per heavy atom. The molecule has 5 nitrogen and oxygen atoms in total. The van der Waals surface area contributed by atoms with E-state index in [0.717, 1.165) is 22.1 Å². The lowest BCUT2D eigenvalue weighted by molar-refractivity contribution is 0.939. The number of hydrogen-bond donors (Lipinski definition) is 1. The number of nitrogens with two attached hydrogens (primary N) is 1. The Morgan fingerprint density at radius 2 is 2.14 bits per heavy atom. The van der Waals surface area contributed by atoms with E-state index in [0.29, 0.717) is 16.7 Å². The third kappa shape index (κ3) is 3.56. The van der Waals surface area contributed by atoms with E-state index in [9.17, 15) is 0 Å². The molecule has 0 unspecified atom stereocenters. The summed E-state index contributed by atoms with van der Waals surface area (Å²) in [6, 6.07) is 7.57. The fourth-order valence-corrected chi connectivity index (χ4v) is 3.45. The zero-order chi connectivity index (χ0) is 14.7. The monoisotopic (exact) mass is 315 g/mol. The van der Waals surface area contributed by atoms with E-state index in [1.165, 1.54) is 11.8 Å². The van der Waals surface area contributed by atoms with Crippen LogP contribution < -0.4 is 5.73 Å². The molecule has 0 bridgehead atoms. The maximum absolute atomic E-state index is 5.72. The number of thioether (sulfide) groups is 1. The zero-order valence-corrected chi connectivity index (χ0v) is 13.0. The van der Waals surface area contributed by atoms with Gasteiger partial charge in [0.2, 0.25) is 0 Å². The van der Waals surface area contributed by atoms with Crippen molar-refractivity contribution in [1.82, 2.24) is 19.9 Å². The number of rotatable bonds is 4. The van der Waals surface area contributed by atoms with Crippen LogP contribution in [0.1, 0.15) is 11.4 Å². The van der Waals surface area contributed by atoms with E-state index in [1.807, 2.05) is 30.5 Å². The molecule has 0 aromatic carbocycles. The second kappa shape index (κ2) is 6.19. The number of aryl methyl sites for hydroxylation is 1. The Morgan fingerprint density at radius 1 is 1.24 bits per heavy atom. The number of hydrogen-bond acceptors (Lipinski definition) is 7.